The molecule has 1 heterocycles. The van der Waals surface area contributed by atoms with Crippen LogP contribution in [0.1, 0.15) is 49.4 Å². The lowest BCUT2D eigenvalue weighted by Gasteiger charge is -2.22. The lowest BCUT2D eigenvalue weighted by atomic mass is 9.92. The first-order valence-electron chi connectivity index (χ1n) is 7.11. The zero-order valence-corrected chi connectivity index (χ0v) is 11.8. The maximum atomic E-state index is 12.2. The highest BCUT2D eigenvalue weighted by molar-refractivity contribution is 5.93. The van der Waals surface area contributed by atoms with E-state index in [0.717, 1.165) is 40.5 Å². The lowest BCUT2D eigenvalue weighted by molar-refractivity contribution is -0.620. The third kappa shape index (κ3) is 1.53. The van der Waals surface area contributed by atoms with Gasteiger partial charge in [0.2, 0.25) is 0 Å². The third-order valence-corrected chi connectivity index (χ3v) is 5.05. The van der Waals surface area contributed by atoms with E-state index in [4.69, 9.17) is 0 Å². The van der Waals surface area contributed by atoms with Crippen molar-refractivity contribution in [2.75, 3.05) is 0 Å². The molecule has 5 heteroatoms. The van der Waals surface area contributed by atoms with E-state index in [1.807, 2.05) is 20.8 Å². The fourth-order valence-corrected chi connectivity index (χ4v) is 4.03. The number of imidazole rings is 1. The molecule has 104 valence electrons. The number of fused-ring (bicyclic) bond motifs is 2. The van der Waals surface area contributed by atoms with Crippen LogP contribution in [0, 0.1) is 30.9 Å². The molecule has 1 aromatic heterocycles. The van der Waals surface area contributed by atoms with Crippen molar-refractivity contribution in [3.05, 3.63) is 22.4 Å². The molecule has 2 fully saturated rings. The van der Waals surface area contributed by atoms with Gasteiger partial charge in [-0.2, -0.15) is 0 Å². The molecule has 3 rings (SSSR count). The highest BCUT2D eigenvalue weighted by atomic mass is 16.5. The predicted molar refractivity (Wildman–Crippen MR) is 71.3 cm³/mol. The summed E-state index contributed by atoms with van der Waals surface area (Å²) in [4.78, 5) is 0. The van der Waals surface area contributed by atoms with E-state index in [9.17, 15) is 10.4 Å². The predicted octanol–water partition coefficient (Wildman–Crippen LogP) is 2.10. The van der Waals surface area contributed by atoms with Crippen LogP contribution in [0.15, 0.2) is 5.16 Å². The van der Waals surface area contributed by atoms with E-state index in [0.29, 0.717) is 18.3 Å². The molecule has 2 bridgehead atoms. The highest BCUT2D eigenvalue weighted by Gasteiger charge is 2.50. The van der Waals surface area contributed by atoms with E-state index in [1.54, 1.807) is 0 Å². The fraction of sp³-hybridized carbons (Fsp3) is 0.714. The van der Waals surface area contributed by atoms with Gasteiger partial charge in [0.25, 0.3) is 5.82 Å². The Balaban J connectivity index is 2.15. The minimum atomic E-state index is 0.0904. The summed E-state index contributed by atoms with van der Waals surface area (Å²) in [6.45, 7) is 5.85. The molecule has 0 amide bonds. The Labute approximate surface area is 113 Å². The second kappa shape index (κ2) is 4.25. The van der Waals surface area contributed by atoms with Crippen molar-refractivity contribution in [2.24, 2.45) is 17.0 Å². The molecule has 3 atom stereocenters. The minimum Gasteiger partial charge on any atom is -0.711 e. The Morgan fingerprint density at radius 2 is 2.16 bits per heavy atom. The van der Waals surface area contributed by atoms with Gasteiger partial charge < -0.3 is 10.4 Å². The molecule has 1 N–H and O–H groups in total. The highest BCUT2D eigenvalue weighted by Crippen LogP contribution is 2.49. The van der Waals surface area contributed by atoms with Crippen LogP contribution in [0.4, 0.5) is 0 Å². The summed E-state index contributed by atoms with van der Waals surface area (Å²) in [5, 5.41) is 25.1. The summed E-state index contributed by atoms with van der Waals surface area (Å²) in [5.41, 5.74) is 2.65. The number of nitrogens with zero attached hydrogens (tertiary/aromatic N) is 3. The second-order valence-electron chi connectivity index (χ2n) is 5.84. The van der Waals surface area contributed by atoms with Crippen molar-refractivity contribution in [2.45, 2.75) is 52.5 Å². The number of rotatable bonds is 2. The molecule has 2 aliphatic carbocycles. The zero-order valence-electron chi connectivity index (χ0n) is 11.8. The summed E-state index contributed by atoms with van der Waals surface area (Å²) >= 11 is 0. The van der Waals surface area contributed by atoms with Gasteiger partial charge in [-0.05, 0) is 19.3 Å². The van der Waals surface area contributed by atoms with E-state index in [2.05, 4.69) is 9.72 Å². The Morgan fingerprint density at radius 3 is 2.79 bits per heavy atom. The first-order valence-corrected chi connectivity index (χ1v) is 7.11. The molecule has 2 aliphatic rings. The topological polar surface area (TPSA) is 64.5 Å². The average Bonchev–Trinajstić information content (AvgIpc) is 3.06. The largest absolute Gasteiger partial charge is 0.711 e. The third-order valence-electron chi connectivity index (χ3n) is 5.05. The first-order chi connectivity index (χ1) is 9.10. The monoisotopic (exact) mass is 263 g/mol. The number of hydrogen-bond donors (Lipinski definition) is 1. The summed E-state index contributed by atoms with van der Waals surface area (Å²) in [6, 6.07) is 0.0904. The number of aromatic nitrogens is 2. The van der Waals surface area contributed by atoms with Gasteiger partial charge in [0.15, 0.2) is 0 Å². The van der Waals surface area contributed by atoms with Crippen molar-refractivity contribution >= 4 is 5.71 Å². The van der Waals surface area contributed by atoms with Gasteiger partial charge in [0.1, 0.15) is 23.1 Å². The number of hydrogen-bond acceptors (Lipinski definition) is 3. The van der Waals surface area contributed by atoms with E-state index >= 15 is 0 Å². The van der Waals surface area contributed by atoms with Crippen molar-refractivity contribution in [1.82, 2.24) is 4.57 Å². The molecular formula is C14H21N3O2. The summed E-state index contributed by atoms with van der Waals surface area (Å²) in [5.74, 6) is 1.72. The lowest BCUT2D eigenvalue weighted by Crippen LogP contribution is -2.35. The molecule has 0 saturated heterocycles. The van der Waals surface area contributed by atoms with Crippen molar-refractivity contribution in [3.8, 4) is 0 Å². The minimum absolute atomic E-state index is 0.0904. The van der Waals surface area contributed by atoms with Gasteiger partial charge in [-0.25, -0.2) is 9.30 Å². The molecule has 0 aromatic carbocycles. The SMILES string of the molecule is CCc1n([C@H]2/C(=N\O)[C@H]3CC[C@H]2C3)c(C)c(C)[n+]1[O-]. The van der Waals surface area contributed by atoms with Gasteiger partial charge in [0, 0.05) is 32.1 Å². The maximum absolute atomic E-state index is 12.2. The van der Waals surface area contributed by atoms with E-state index in [1.165, 1.54) is 6.42 Å². The van der Waals surface area contributed by atoms with Crippen LogP contribution < -0.4 is 4.73 Å². The molecule has 1 aromatic rings. The molecule has 5 nitrogen and oxygen atoms in total. The first kappa shape index (κ1) is 12.5. The van der Waals surface area contributed by atoms with Crippen molar-refractivity contribution in [1.29, 1.82) is 0 Å². The van der Waals surface area contributed by atoms with Crippen molar-refractivity contribution < 1.29 is 9.94 Å². The Morgan fingerprint density at radius 1 is 1.42 bits per heavy atom. The van der Waals surface area contributed by atoms with Crippen LogP contribution in [-0.4, -0.2) is 15.5 Å². The van der Waals surface area contributed by atoms with Crippen molar-refractivity contribution in [3.63, 3.8) is 0 Å². The van der Waals surface area contributed by atoms with Crippen LogP contribution in [0.5, 0.6) is 0 Å². The normalized spacial score (nSPS) is 31.5. The van der Waals surface area contributed by atoms with Crippen LogP contribution >= 0.6 is 0 Å². The second-order valence-corrected chi connectivity index (χ2v) is 5.84. The number of oxime groups is 1. The molecule has 0 unspecified atom stereocenters. The van der Waals surface area contributed by atoms with Crippen LogP contribution in [0.3, 0.4) is 0 Å². The molecule has 19 heavy (non-hydrogen) atoms. The fourth-order valence-electron chi connectivity index (χ4n) is 4.03. The van der Waals surface area contributed by atoms with Crippen LogP contribution in [0.25, 0.3) is 0 Å². The zero-order chi connectivity index (χ0) is 13.7. The van der Waals surface area contributed by atoms with E-state index in [-0.39, 0.29) is 6.04 Å². The van der Waals surface area contributed by atoms with Gasteiger partial charge in [-0.1, -0.05) is 12.1 Å². The van der Waals surface area contributed by atoms with Gasteiger partial charge in [-0.15, -0.1) is 0 Å². The van der Waals surface area contributed by atoms with E-state index < -0.39 is 0 Å². The Bertz CT molecular complexity index is 547. The molecule has 0 spiro atoms. The smallest absolute Gasteiger partial charge is 0.260 e. The molecule has 0 aliphatic heterocycles. The summed E-state index contributed by atoms with van der Waals surface area (Å²) in [7, 11) is 0. The average molecular weight is 263 g/mol. The summed E-state index contributed by atoms with van der Waals surface area (Å²) < 4.78 is 3.16. The molecule has 0 radical (unpaired) electrons. The summed E-state index contributed by atoms with van der Waals surface area (Å²) in [6.07, 6.45) is 4.10. The maximum Gasteiger partial charge on any atom is 0.260 e. The van der Waals surface area contributed by atoms with Gasteiger partial charge in [-0.3, -0.25) is 0 Å². The van der Waals surface area contributed by atoms with Gasteiger partial charge in [0.05, 0.1) is 0 Å². The van der Waals surface area contributed by atoms with Crippen LogP contribution in [-0.2, 0) is 6.42 Å². The molecule has 2 saturated carbocycles. The molecular weight excluding hydrogens is 242 g/mol. The van der Waals surface area contributed by atoms with Gasteiger partial charge >= 0.3 is 0 Å². The van der Waals surface area contributed by atoms with Crippen LogP contribution in [0.2, 0.25) is 0 Å². The quantitative estimate of drug-likeness (QED) is 0.384. The Kier molecular flexibility index (Phi) is 2.80. The Hall–Kier alpha value is -1.52. The standard InChI is InChI=1S/C14H21N3O2/c1-4-12-16(8(2)9(3)17(12)19)14-11-6-5-10(7-11)13(14)15-18/h10-11,14,18H,4-7H2,1-3H3/b15-13-/t10-,11-,14+/m0/s1.